The SMILES string of the molecule is CSC1CCCCC1NS(=O)(=O)C1CCNCC1. The molecule has 2 aliphatic rings. The van der Waals surface area contributed by atoms with Crippen LogP contribution in [-0.2, 0) is 10.0 Å². The van der Waals surface area contributed by atoms with Crippen LogP contribution in [0.5, 0.6) is 0 Å². The van der Waals surface area contributed by atoms with Crippen LogP contribution in [0, 0.1) is 0 Å². The first-order valence-electron chi connectivity index (χ1n) is 6.88. The Morgan fingerprint density at radius 3 is 2.44 bits per heavy atom. The van der Waals surface area contributed by atoms with E-state index in [2.05, 4.69) is 16.3 Å². The minimum Gasteiger partial charge on any atom is -0.317 e. The monoisotopic (exact) mass is 292 g/mol. The van der Waals surface area contributed by atoms with Crippen LogP contribution < -0.4 is 10.0 Å². The lowest BCUT2D eigenvalue weighted by molar-refractivity contribution is 0.415. The third kappa shape index (κ3) is 3.62. The zero-order valence-electron chi connectivity index (χ0n) is 11.0. The molecular weight excluding hydrogens is 268 g/mol. The van der Waals surface area contributed by atoms with Crippen LogP contribution in [0.4, 0.5) is 0 Å². The average Bonchev–Trinajstić information content (AvgIpc) is 2.40. The van der Waals surface area contributed by atoms with Gasteiger partial charge < -0.3 is 5.32 Å². The van der Waals surface area contributed by atoms with Gasteiger partial charge in [-0.3, -0.25) is 0 Å². The summed E-state index contributed by atoms with van der Waals surface area (Å²) in [4.78, 5) is 0. The Morgan fingerprint density at radius 1 is 1.11 bits per heavy atom. The smallest absolute Gasteiger partial charge is 0.214 e. The second-order valence-electron chi connectivity index (χ2n) is 5.28. The fourth-order valence-corrected chi connectivity index (χ4v) is 5.70. The van der Waals surface area contributed by atoms with Gasteiger partial charge >= 0.3 is 0 Å². The quantitative estimate of drug-likeness (QED) is 0.821. The van der Waals surface area contributed by atoms with Gasteiger partial charge in [0.15, 0.2) is 0 Å². The van der Waals surface area contributed by atoms with Gasteiger partial charge in [-0.15, -0.1) is 0 Å². The highest BCUT2D eigenvalue weighted by atomic mass is 32.2. The molecule has 1 aliphatic carbocycles. The van der Waals surface area contributed by atoms with Gasteiger partial charge in [-0.25, -0.2) is 13.1 Å². The summed E-state index contributed by atoms with van der Waals surface area (Å²) in [6.07, 6.45) is 8.09. The van der Waals surface area contributed by atoms with Gasteiger partial charge in [-0.1, -0.05) is 12.8 Å². The van der Waals surface area contributed by atoms with E-state index < -0.39 is 10.0 Å². The Hall–Kier alpha value is 0.220. The third-order valence-corrected chi connectivity index (χ3v) is 7.20. The molecule has 2 unspecified atom stereocenters. The van der Waals surface area contributed by atoms with Crippen LogP contribution >= 0.6 is 11.8 Å². The normalized spacial score (nSPS) is 31.4. The van der Waals surface area contributed by atoms with Crippen LogP contribution in [0.3, 0.4) is 0 Å². The average molecular weight is 292 g/mol. The first-order valence-corrected chi connectivity index (χ1v) is 9.71. The van der Waals surface area contributed by atoms with Gasteiger partial charge in [-0.05, 0) is 45.0 Å². The number of hydrogen-bond donors (Lipinski definition) is 2. The second kappa shape index (κ2) is 6.59. The van der Waals surface area contributed by atoms with Crippen LogP contribution in [0.15, 0.2) is 0 Å². The molecule has 0 aromatic rings. The van der Waals surface area contributed by atoms with Gasteiger partial charge in [0.25, 0.3) is 0 Å². The van der Waals surface area contributed by atoms with Crippen molar-refractivity contribution in [3.05, 3.63) is 0 Å². The molecule has 1 aliphatic heterocycles. The minimum atomic E-state index is -3.13. The second-order valence-corrected chi connectivity index (χ2v) is 8.35. The molecule has 0 radical (unpaired) electrons. The molecule has 1 heterocycles. The molecule has 2 rings (SSSR count). The standard InChI is InChI=1S/C12H24N2O2S2/c1-17-12-5-3-2-4-11(12)14-18(15,16)10-6-8-13-9-7-10/h10-14H,2-9H2,1H3. The molecule has 2 N–H and O–H groups in total. The highest BCUT2D eigenvalue weighted by Gasteiger charge is 2.33. The molecule has 1 saturated carbocycles. The number of rotatable bonds is 4. The molecule has 4 nitrogen and oxygen atoms in total. The van der Waals surface area contributed by atoms with Crippen LogP contribution in [0.1, 0.15) is 38.5 Å². The topological polar surface area (TPSA) is 58.2 Å². The van der Waals surface area contributed by atoms with Gasteiger partial charge in [0.05, 0.1) is 5.25 Å². The minimum absolute atomic E-state index is 0.147. The highest BCUT2D eigenvalue weighted by Crippen LogP contribution is 2.28. The van der Waals surface area contributed by atoms with E-state index in [0.717, 1.165) is 45.2 Å². The van der Waals surface area contributed by atoms with E-state index in [1.54, 1.807) is 11.8 Å². The maximum Gasteiger partial charge on any atom is 0.214 e. The Kier molecular flexibility index (Phi) is 5.35. The molecule has 2 atom stereocenters. The zero-order valence-corrected chi connectivity index (χ0v) is 12.7. The Bertz CT molecular complexity index is 353. The highest BCUT2D eigenvalue weighted by molar-refractivity contribution is 7.99. The summed E-state index contributed by atoms with van der Waals surface area (Å²) in [5, 5.41) is 3.48. The van der Waals surface area contributed by atoms with Gasteiger partial charge in [0.2, 0.25) is 10.0 Å². The summed E-state index contributed by atoms with van der Waals surface area (Å²) < 4.78 is 27.7. The van der Waals surface area contributed by atoms with Crippen LogP contribution in [0.25, 0.3) is 0 Å². The summed E-state index contributed by atoms with van der Waals surface area (Å²) in [6.45, 7) is 1.64. The fraction of sp³-hybridized carbons (Fsp3) is 1.00. The van der Waals surface area contributed by atoms with E-state index in [1.807, 2.05) is 0 Å². The number of piperidine rings is 1. The zero-order chi connectivity index (χ0) is 13.0. The fourth-order valence-electron chi connectivity index (χ4n) is 2.93. The van der Waals surface area contributed by atoms with Crippen molar-refractivity contribution >= 4 is 21.8 Å². The van der Waals surface area contributed by atoms with E-state index in [9.17, 15) is 8.42 Å². The van der Waals surface area contributed by atoms with Gasteiger partial charge in [0, 0.05) is 11.3 Å². The Labute approximate surface area is 115 Å². The van der Waals surface area contributed by atoms with Crippen molar-refractivity contribution in [2.24, 2.45) is 0 Å². The number of thioether (sulfide) groups is 1. The predicted octanol–water partition coefficient (Wildman–Crippen LogP) is 1.33. The van der Waals surface area contributed by atoms with Crippen molar-refractivity contribution in [2.75, 3.05) is 19.3 Å². The van der Waals surface area contributed by atoms with E-state index in [0.29, 0.717) is 5.25 Å². The van der Waals surface area contributed by atoms with Crippen molar-refractivity contribution in [1.82, 2.24) is 10.0 Å². The lowest BCUT2D eigenvalue weighted by Gasteiger charge is -2.33. The maximum atomic E-state index is 12.4. The molecule has 0 aromatic heterocycles. The molecule has 0 spiro atoms. The summed E-state index contributed by atoms with van der Waals surface area (Å²) in [6, 6.07) is 0.147. The van der Waals surface area contributed by atoms with Crippen LogP contribution in [0.2, 0.25) is 0 Å². The molecular formula is C12H24N2O2S2. The Balaban J connectivity index is 1.97. The number of sulfonamides is 1. The molecule has 1 saturated heterocycles. The number of hydrogen-bond acceptors (Lipinski definition) is 4. The molecule has 106 valence electrons. The van der Waals surface area contributed by atoms with Crippen molar-refractivity contribution in [2.45, 2.75) is 55.1 Å². The first-order chi connectivity index (χ1) is 8.63. The van der Waals surface area contributed by atoms with Crippen molar-refractivity contribution < 1.29 is 8.42 Å². The number of nitrogens with one attached hydrogen (secondary N) is 2. The van der Waals surface area contributed by atoms with Gasteiger partial charge in [0.1, 0.15) is 0 Å². The maximum absolute atomic E-state index is 12.4. The van der Waals surface area contributed by atoms with E-state index in [-0.39, 0.29) is 11.3 Å². The summed E-state index contributed by atoms with van der Waals surface area (Å²) in [5.41, 5.74) is 0. The lowest BCUT2D eigenvalue weighted by Crippen LogP contribution is -2.49. The molecule has 18 heavy (non-hydrogen) atoms. The third-order valence-electron chi connectivity index (χ3n) is 4.05. The summed E-state index contributed by atoms with van der Waals surface area (Å²) in [7, 11) is -3.13. The van der Waals surface area contributed by atoms with Crippen molar-refractivity contribution in [3.63, 3.8) is 0 Å². The largest absolute Gasteiger partial charge is 0.317 e. The predicted molar refractivity (Wildman–Crippen MR) is 77.5 cm³/mol. The van der Waals surface area contributed by atoms with E-state index in [4.69, 9.17) is 0 Å². The van der Waals surface area contributed by atoms with Crippen molar-refractivity contribution in [3.8, 4) is 0 Å². The molecule has 2 fully saturated rings. The molecule has 6 heteroatoms. The van der Waals surface area contributed by atoms with Gasteiger partial charge in [-0.2, -0.15) is 11.8 Å². The molecule has 0 bridgehead atoms. The molecule has 0 amide bonds. The first kappa shape index (κ1) is 14.6. The van der Waals surface area contributed by atoms with Crippen molar-refractivity contribution in [1.29, 1.82) is 0 Å². The lowest BCUT2D eigenvalue weighted by atomic mass is 9.96. The van der Waals surface area contributed by atoms with E-state index >= 15 is 0 Å². The van der Waals surface area contributed by atoms with Crippen LogP contribution in [-0.4, -0.2) is 44.3 Å². The Morgan fingerprint density at radius 2 is 1.78 bits per heavy atom. The summed E-state index contributed by atoms with van der Waals surface area (Å²) in [5.74, 6) is 0. The summed E-state index contributed by atoms with van der Waals surface area (Å²) >= 11 is 1.80. The van der Waals surface area contributed by atoms with E-state index in [1.165, 1.54) is 6.42 Å². The molecule has 0 aromatic carbocycles.